The number of rotatable bonds is 4. The van der Waals surface area contributed by atoms with E-state index in [1.54, 1.807) is 6.20 Å². The summed E-state index contributed by atoms with van der Waals surface area (Å²) in [6.45, 7) is 0. The Labute approximate surface area is 251 Å². The minimum atomic E-state index is 0.527. The first-order valence-corrected chi connectivity index (χ1v) is 14.4. The average molecular weight is 567 g/mol. The van der Waals surface area contributed by atoms with Crippen LogP contribution in [0.15, 0.2) is 142 Å². The molecule has 0 atom stereocenters. The summed E-state index contributed by atoms with van der Waals surface area (Å²) >= 11 is 0. The average Bonchev–Trinajstić information content (AvgIpc) is 3.67. The fourth-order valence-electron chi connectivity index (χ4n) is 5.96. The van der Waals surface area contributed by atoms with Gasteiger partial charge >= 0.3 is 0 Å². The molecule has 0 unspecified atom stereocenters. The SMILES string of the molecule is c1ccc(-c2nc(-c3ccccc3)nc(-c3ccnc4oc5cc(-c6cccc7c6oc6ccccc67)ccc5c34)n2)cc1. The molecule has 0 spiro atoms. The maximum atomic E-state index is 6.36. The molecular formula is C38H22N4O2. The van der Waals surface area contributed by atoms with Gasteiger partial charge < -0.3 is 8.83 Å². The summed E-state index contributed by atoms with van der Waals surface area (Å²) in [6.07, 6.45) is 1.74. The summed E-state index contributed by atoms with van der Waals surface area (Å²) in [4.78, 5) is 19.3. The summed E-state index contributed by atoms with van der Waals surface area (Å²) in [6, 6.07) is 42.5. The predicted molar refractivity (Wildman–Crippen MR) is 174 cm³/mol. The Balaban J connectivity index is 1.24. The molecule has 0 aliphatic heterocycles. The second-order valence-electron chi connectivity index (χ2n) is 10.7. The molecule has 5 aromatic carbocycles. The predicted octanol–water partition coefficient (Wildman–Crippen LogP) is 9.73. The standard InChI is InChI=1S/C38H22N4O2/c1-3-10-23(11-4-1)35-40-36(24-12-5-2-6-13-24)42-37(41-35)30-20-21-39-38-33(30)29-19-18-25(22-32(29)44-38)26-15-9-16-28-27-14-7-8-17-31(27)43-34(26)28/h1-22H. The van der Waals surface area contributed by atoms with Crippen LogP contribution in [0.25, 0.3) is 89.3 Å². The molecule has 0 fully saturated rings. The molecule has 9 aromatic rings. The van der Waals surface area contributed by atoms with E-state index in [2.05, 4.69) is 47.4 Å². The highest BCUT2D eigenvalue weighted by Gasteiger charge is 2.20. The van der Waals surface area contributed by atoms with E-state index in [1.165, 1.54) is 0 Å². The van der Waals surface area contributed by atoms with E-state index >= 15 is 0 Å². The number of furan rings is 2. The van der Waals surface area contributed by atoms with Gasteiger partial charge in [0.25, 0.3) is 0 Å². The second kappa shape index (κ2) is 9.71. The molecule has 0 bridgehead atoms. The van der Waals surface area contributed by atoms with Crippen molar-refractivity contribution >= 4 is 44.0 Å². The first-order chi connectivity index (χ1) is 21.8. The molecule has 0 saturated carbocycles. The lowest BCUT2D eigenvalue weighted by Crippen LogP contribution is -2.00. The van der Waals surface area contributed by atoms with Gasteiger partial charge in [0, 0.05) is 44.6 Å². The molecule has 4 heterocycles. The van der Waals surface area contributed by atoms with Gasteiger partial charge in [0.05, 0.1) is 5.39 Å². The van der Waals surface area contributed by atoms with Gasteiger partial charge in [0.15, 0.2) is 17.5 Å². The molecular weight excluding hydrogens is 544 g/mol. The van der Waals surface area contributed by atoms with Crippen LogP contribution in [-0.2, 0) is 0 Å². The van der Waals surface area contributed by atoms with Crippen molar-refractivity contribution in [2.24, 2.45) is 0 Å². The van der Waals surface area contributed by atoms with E-state index in [1.807, 2.05) is 84.9 Å². The van der Waals surface area contributed by atoms with Gasteiger partial charge in [0.1, 0.15) is 16.7 Å². The maximum Gasteiger partial charge on any atom is 0.228 e. The Morgan fingerprint density at radius 3 is 1.89 bits per heavy atom. The zero-order chi connectivity index (χ0) is 29.0. The number of fused-ring (bicyclic) bond motifs is 6. The van der Waals surface area contributed by atoms with Crippen molar-refractivity contribution in [2.75, 3.05) is 0 Å². The van der Waals surface area contributed by atoms with E-state index in [9.17, 15) is 0 Å². The Hall–Kier alpha value is -6.14. The van der Waals surface area contributed by atoms with Gasteiger partial charge in [-0.15, -0.1) is 0 Å². The van der Waals surface area contributed by atoms with Crippen LogP contribution in [0.1, 0.15) is 0 Å². The number of pyridine rings is 1. The molecule has 0 N–H and O–H groups in total. The van der Waals surface area contributed by atoms with Crippen molar-refractivity contribution in [3.63, 3.8) is 0 Å². The lowest BCUT2D eigenvalue weighted by molar-refractivity contribution is 0.654. The Morgan fingerprint density at radius 2 is 1.11 bits per heavy atom. The normalized spacial score (nSPS) is 11.6. The minimum absolute atomic E-state index is 0.527. The maximum absolute atomic E-state index is 6.36. The van der Waals surface area contributed by atoms with Gasteiger partial charge in [0.2, 0.25) is 5.71 Å². The first-order valence-electron chi connectivity index (χ1n) is 14.4. The van der Waals surface area contributed by atoms with Crippen molar-refractivity contribution in [3.8, 4) is 45.3 Å². The first kappa shape index (κ1) is 24.5. The molecule has 44 heavy (non-hydrogen) atoms. The monoisotopic (exact) mass is 566 g/mol. The lowest BCUT2D eigenvalue weighted by atomic mass is 10.0. The molecule has 6 heteroatoms. The fourth-order valence-corrected chi connectivity index (χ4v) is 5.96. The van der Waals surface area contributed by atoms with Crippen LogP contribution in [0.2, 0.25) is 0 Å². The van der Waals surface area contributed by atoms with Crippen molar-refractivity contribution < 1.29 is 8.83 Å². The second-order valence-corrected chi connectivity index (χ2v) is 10.7. The number of aromatic nitrogens is 4. The summed E-state index contributed by atoms with van der Waals surface area (Å²) in [5.74, 6) is 1.77. The zero-order valence-corrected chi connectivity index (χ0v) is 23.3. The van der Waals surface area contributed by atoms with Crippen LogP contribution >= 0.6 is 0 Å². The summed E-state index contributed by atoms with van der Waals surface area (Å²) in [7, 11) is 0. The highest BCUT2D eigenvalue weighted by Crippen LogP contribution is 2.40. The van der Waals surface area contributed by atoms with Crippen LogP contribution in [0.4, 0.5) is 0 Å². The number of benzene rings is 5. The minimum Gasteiger partial charge on any atom is -0.455 e. The molecule has 4 aromatic heterocycles. The summed E-state index contributed by atoms with van der Waals surface area (Å²) in [5, 5.41) is 3.99. The molecule has 0 saturated heterocycles. The Morgan fingerprint density at radius 1 is 0.432 bits per heavy atom. The molecule has 0 radical (unpaired) electrons. The van der Waals surface area contributed by atoms with Gasteiger partial charge in [-0.3, -0.25) is 0 Å². The van der Waals surface area contributed by atoms with Crippen molar-refractivity contribution in [1.29, 1.82) is 0 Å². The van der Waals surface area contributed by atoms with Crippen molar-refractivity contribution in [2.45, 2.75) is 0 Å². The van der Waals surface area contributed by atoms with E-state index < -0.39 is 0 Å². The molecule has 6 nitrogen and oxygen atoms in total. The third-order valence-corrected chi connectivity index (χ3v) is 8.03. The third-order valence-electron chi connectivity index (χ3n) is 8.03. The molecule has 206 valence electrons. The van der Waals surface area contributed by atoms with Crippen LogP contribution in [-0.4, -0.2) is 19.9 Å². The van der Waals surface area contributed by atoms with E-state index in [0.29, 0.717) is 23.2 Å². The molecule has 9 rings (SSSR count). The van der Waals surface area contributed by atoms with Gasteiger partial charge in [-0.1, -0.05) is 103 Å². The van der Waals surface area contributed by atoms with Gasteiger partial charge in [-0.2, -0.15) is 0 Å². The summed E-state index contributed by atoms with van der Waals surface area (Å²) < 4.78 is 12.7. The third kappa shape index (κ3) is 3.89. The largest absolute Gasteiger partial charge is 0.455 e. The van der Waals surface area contributed by atoms with Crippen LogP contribution < -0.4 is 0 Å². The molecule has 0 aliphatic carbocycles. The molecule has 0 amide bonds. The number of nitrogens with zero attached hydrogens (tertiary/aromatic N) is 4. The van der Waals surface area contributed by atoms with Gasteiger partial charge in [-0.25, -0.2) is 19.9 Å². The van der Waals surface area contributed by atoms with Crippen molar-refractivity contribution in [3.05, 3.63) is 134 Å². The lowest BCUT2D eigenvalue weighted by Gasteiger charge is -2.09. The highest BCUT2D eigenvalue weighted by atomic mass is 16.3. The Bertz CT molecular complexity index is 2440. The fraction of sp³-hybridized carbons (Fsp3) is 0. The summed E-state index contributed by atoms with van der Waals surface area (Å²) in [5.41, 5.74) is 7.65. The molecule has 0 aliphatic rings. The van der Waals surface area contributed by atoms with E-state index in [-0.39, 0.29) is 0 Å². The van der Waals surface area contributed by atoms with Crippen molar-refractivity contribution in [1.82, 2.24) is 19.9 Å². The Kier molecular flexibility index (Phi) is 5.40. The smallest absolute Gasteiger partial charge is 0.228 e. The van der Waals surface area contributed by atoms with Crippen LogP contribution in [0, 0.1) is 0 Å². The number of hydrogen-bond donors (Lipinski definition) is 0. The van der Waals surface area contributed by atoms with Crippen LogP contribution in [0.5, 0.6) is 0 Å². The van der Waals surface area contributed by atoms with E-state index in [4.69, 9.17) is 23.8 Å². The van der Waals surface area contributed by atoms with Gasteiger partial charge in [-0.05, 0) is 29.8 Å². The van der Waals surface area contributed by atoms with E-state index in [0.717, 1.165) is 66.1 Å². The number of para-hydroxylation sites is 2. The zero-order valence-electron chi connectivity index (χ0n) is 23.3. The number of hydrogen-bond acceptors (Lipinski definition) is 6. The quantitative estimate of drug-likeness (QED) is 0.211. The topological polar surface area (TPSA) is 77.8 Å². The van der Waals surface area contributed by atoms with Crippen LogP contribution in [0.3, 0.4) is 0 Å². The highest BCUT2D eigenvalue weighted by molar-refractivity contribution is 6.13.